The molecule has 1 heterocycles. The number of halogens is 1. The fourth-order valence-electron chi connectivity index (χ4n) is 3.12. The first-order valence-corrected chi connectivity index (χ1v) is 10.7. The van der Waals surface area contributed by atoms with Crippen LogP contribution in [0, 0.1) is 0 Å². The molecule has 4 aromatic rings. The fourth-order valence-corrected chi connectivity index (χ4v) is 4.57. The average molecular weight is 451 g/mol. The SMILES string of the molecule is COc1ccc2c(Cl)c(C(=O)Nc3cccc(C(=O)NCc4ccccc4)c3)sc2c1. The van der Waals surface area contributed by atoms with Crippen LogP contribution in [0.3, 0.4) is 0 Å². The second-order valence-corrected chi connectivity index (χ2v) is 8.24. The Balaban J connectivity index is 1.48. The Labute approximate surface area is 188 Å². The van der Waals surface area contributed by atoms with Crippen molar-refractivity contribution in [3.05, 3.63) is 93.8 Å². The third kappa shape index (κ3) is 4.71. The van der Waals surface area contributed by atoms with Gasteiger partial charge < -0.3 is 15.4 Å². The lowest BCUT2D eigenvalue weighted by Gasteiger charge is -2.08. The van der Waals surface area contributed by atoms with Gasteiger partial charge in [-0.1, -0.05) is 48.0 Å². The van der Waals surface area contributed by atoms with Crippen molar-refractivity contribution in [2.24, 2.45) is 0 Å². The summed E-state index contributed by atoms with van der Waals surface area (Å²) in [6, 6.07) is 22.0. The first-order valence-electron chi connectivity index (χ1n) is 9.55. The van der Waals surface area contributed by atoms with Gasteiger partial charge in [0.15, 0.2) is 0 Å². The maximum absolute atomic E-state index is 12.8. The Morgan fingerprint density at radius 2 is 1.77 bits per heavy atom. The molecule has 0 unspecified atom stereocenters. The highest BCUT2D eigenvalue weighted by Crippen LogP contribution is 2.37. The van der Waals surface area contributed by atoms with Gasteiger partial charge in [0.25, 0.3) is 11.8 Å². The van der Waals surface area contributed by atoms with Gasteiger partial charge in [-0.15, -0.1) is 11.3 Å². The average Bonchev–Trinajstić information content (AvgIpc) is 3.14. The Bertz CT molecular complexity index is 1250. The summed E-state index contributed by atoms with van der Waals surface area (Å²) >= 11 is 7.73. The largest absolute Gasteiger partial charge is 0.497 e. The quantitative estimate of drug-likeness (QED) is 0.393. The van der Waals surface area contributed by atoms with Crippen LogP contribution in [0.4, 0.5) is 5.69 Å². The molecule has 0 saturated heterocycles. The zero-order chi connectivity index (χ0) is 21.8. The minimum absolute atomic E-state index is 0.216. The number of methoxy groups -OCH3 is 1. The topological polar surface area (TPSA) is 67.4 Å². The van der Waals surface area contributed by atoms with Crippen molar-refractivity contribution >= 4 is 50.5 Å². The molecule has 2 amide bonds. The number of benzene rings is 3. The first kappa shape index (κ1) is 20.9. The van der Waals surface area contributed by atoms with E-state index in [4.69, 9.17) is 16.3 Å². The molecule has 0 fully saturated rings. The summed E-state index contributed by atoms with van der Waals surface area (Å²) in [4.78, 5) is 25.7. The maximum atomic E-state index is 12.8. The predicted molar refractivity (Wildman–Crippen MR) is 125 cm³/mol. The molecule has 0 radical (unpaired) electrons. The van der Waals surface area contributed by atoms with E-state index in [-0.39, 0.29) is 11.8 Å². The number of carbonyl (C=O) groups excluding carboxylic acids is 2. The smallest absolute Gasteiger partial charge is 0.267 e. The van der Waals surface area contributed by atoms with Crippen LogP contribution < -0.4 is 15.4 Å². The molecule has 0 aliphatic rings. The van der Waals surface area contributed by atoms with Crippen molar-refractivity contribution < 1.29 is 14.3 Å². The fraction of sp³-hybridized carbons (Fsp3) is 0.0833. The number of hydrogen-bond acceptors (Lipinski definition) is 4. The molecule has 7 heteroatoms. The van der Waals surface area contributed by atoms with Gasteiger partial charge in [0.05, 0.1) is 12.1 Å². The summed E-state index contributed by atoms with van der Waals surface area (Å²) in [5.41, 5.74) is 1.99. The summed E-state index contributed by atoms with van der Waals surface area (Å²) in [6.07, 6.45) is 0. The van der Waals surface area contributed by atoms with Crippen LogP contribution in [0.2, 0.25) is 5.02 Å². The van der Waals surface area contributed by atoms with E-state index in [1.165, 1.54) is 11.3 Å². The van der Waals surface area contributed by atoms with E-state index in [1.807, 2.05) is 42.5 Å². The van der Waals surface area contributed by atoms with Gasteiger partial charge in [0.2, 0.25) is 0 Å². The second-order valence-electron chi connectivity index (χ2n) is 6.81. The number of nitrogens with one attached hydrogen (secondary N) is 2. The monoisotopic (exact) mass is 450 g/mol. The summed E-state index contributed by atoms with van der Waals surface area (Å²) in [7, 11) is 1.59. The van der Waals surface area contributed by atoms with E-state index in [0.717, 1.165) is 15.6 Å². The molecule has 4 rings (SSSR count). The number of fused-ring (bicyclic) bond motifs is 1. The van der Waals surface area contributed by atoms with Gasteiger partial charge in [0.1, 0.15) is 10.6 Å². The molecule has 5 nitrogen and oxygen atoms in total. The summed E-state index contributed by atoms with van der Waals surface area (Å²) in [5, 5.41) is 6.91. The molecule has 0 spiro atoms. The Kier molecular flexibility index (Phi) is 6.21. The summed E-state index contributed by atoms with van der Waals surface area (Å²) in [6.45, 7) is 0.428. The highest BCUT2D eigenvalue weighted by molar-refractivity contribution is 7.21. The zero-order valence-electron chi connectivity index (χ0n) is 16.6. The van der Waals surface area contributed by atoms with Crippen LogP contribution >= 0.6 is 22.9 Å². The van der Waals surface area contributed by atoms with Gasteiger partial charge >= 0.3 is 0 Å². The van der Waals surface area contributed by atoms with Gasteiger partial charge in [-0.2, -0.15) is 0 Å². The summed E-state index contributed by atoms with van der Waals surface area (Å²) < 4.78 is 6.10. The minimum atomic E-state index is -0.327. The summed E-state index contributed by atoms with van der Waals surface area (Å²) in [5.74, 6) is 0.158. The molecule has 1 aromatic heterocycles. The molecule has 156 valence electrons. The van der Waals surface area contributed by atoms with E-state index in [0.29, 0.717) is 33.4 Å². The predicted octanol–water partition coefficient (Wildman–Crippen LogP) is 5.75. The Morgan fingerprint density at radius 3 is 2.55 bits per heavy atom. The van der Waals surface area contributed by atoms with Crippen LogP contribution in [0.25, 0.3) is 10.1 Å². The third-order valence-electron chi connectivity index (χ3n) is 4.72. The van der Waals surface area contributed by atoms with Crippen molar-refractivity contribution in [3.63, 3.8) is 0 Å². The van der Waals surface area contributed by atoms with Crippen molar-refractivity contribution in [2.75, 3.05) is 12.4 Å². The van der Waals surface area contributed by atoms with Gasteiger partial charge in [-0.3, -0.25) is 9.59 Å². The second kappa shape index (κ2) is 9.20. The molecule has 0 saturated carbocycles. The number of hydrogen-bond donors (Lipinski definition) is 2. The molecular weight excluding hydrogens is 432 g/mol. The lowest BCUT2D eigenvalue weighted by molar-refractivity contribution is 0.0949. The lowest BCUT2D eigenvalue weighted by atomic mass is 10.1. The number of ether oxygens (including phenoxy) is 1. The van der Waals surface area contributed by atoms with Crippen molar-refractivity contribution in [1.82, 2.24) is 5.32 Å². The standard InChI is InChI=1S/C24H19ClN2O3S/c1-30-18-10-11-19-20(13-18)31-22(21(19)25)24(29)27-17-9-5-8-16(12-17)23(28)26-14-15-6-3-2-4-7-15/h2-13H,14H2,1H3,(H,26,28)(H,27,29). The zero-order valence-corrected chi connectivity index (χ0v) is 18.2. The van der Waals surface area contributed by atoms with Crippen molar-refractivity contribution in [2.45, 2.75) is 6.54 Å². The molecule has 0 aliphatic heterocycles. The number of anilines is 1. The molecule has 3 aromatic carbocycles. The number of thiophene rings is 1. The van der Waals surface area contributed by atoms with Gasteiger partial charge in [-0.25, -0.2) is 0 Å². The lowest BCUT2D eigenvalue weighted by Crippen LogP contribution is -2.23. The van der Waals surface area contributed by atoms with Gasteiger partial charge in [0, 0.05) is 27.9 Å². The van der Waals surface area contributed by atoms with E-state index >= 15 is 0 Å². The van der Waals surface area contributed by atoms with Crippen LogP contribution in [-0.4, -0.2) is 18.9 Å². The van der Waals surface area contributed by atoms with E-state index in [9.17, 15) is 9.59 Å². The van der Waals surface area contributed by atoms with Crippen molar-refractivity contribution in [3.8, 4) is 5.75 Å². The molecule has 31 heavy (non-hydrogen) atoms. The first-order chi connectivity index (χ1) is 15.0. The molecule has 0 bridgehead atoms. The van der Waals surface area contributed by atoms with Crippen LogP contribution in [0.1, 0.15) is 25.6 Å². The highest BCUT2D eigenvalue weighted by atomic mass is 35.5. The highest BCUT2D eigenvalue weighted by Gasteiger charge is 2.18. The van der Waals surface area contributed by atoms with E-state index < -0.39 is 0 Å². The molecule has 2 N–H and O–H groups in total. The third-order valence-corrected chi connectivity index (χ3v) is 6.38. The number of rotatable bonds is 6. The van der Waals surface area contributed by atoms with E-state index in [1.54, 1.807) is 37.4 Å². The maximum Gasteiger partial charge on any atom is 0.267 e. The van der Waals surface area contributed by atoms with Crippen LogP contribution in [-0.2, 0) is 6.54 Å². The Hall–Kier alpha value is -3.35. The normalized spacial score (nSPS) is 10.6. The minimum Gasteiger partial charge on any atom is -0.497 e. The number of amides is 2. The number of carbonyl (C=O) groups is 2. The molecule has 0 atom stereocenters. The molecule has 0 aliphatic carbocycles. The Morgan fingerprint density at radius 1 is 0.968 bits per heavy atom. The van der Waals surface area contributed by atoms with Crippen LogP contribution in [0.5, 0.6) is 5.75 Å². The van der Waals surface area contributed by atoms with Crippen molar-refractivity contribution in [1.29, 1.82) is 0 Å². The van der Waals surface area contributed by atoms with Gasteiger partial charge in [-0.05, 0) is 42.0 Å². The van der Waals surface area contributed by atoms with E-state index in [2.05, 4.69) is 10.6 Å². The molecular formula is C24H19ClN2O3S. The van der Waals surface area contributed by atoms with Crippen LogP contribution in [0.15, 0.2) is 72.8 Å².